The lowest BCUT2D eigenvalue weighted by Crippen LogP contribution is -2.48. The monoisotopic (exact) mass is 233 g/mol. The molecule has 2 N–H and O–H groups in total. The third kappa shape index (κ3) is 2.70. The second-order valence-corrected chi connectivity index (χ2v) is 5.28. The zero-order valence-electron chi connectivity index (χ0n) is 10.9. The lowest BCUT2D eigenvalue weighted by molar-refractivity contribution is -0.0253. The standard InChI is InChI=1S/C15H23NO/c1-12-6-5-7-13(10-12)11-14(16)15(17-2)8-3-4-9-15/h5-7,10,14H,3-4,8-9,11,16H2,1-2H3. The van der Waals surface area contributed by atoms with Crippen LogP contribution in [-0.4, -0.2) is 18.8 Å². The minimum absolute atomic E-state index is 0.0796. The Morgan fingerprint density at radius 1 is 1.35 bits per heavy atom. The molecule has 0 saturated heterocycles. The number of benzene rings is 1. The normalized spacial score (nSPS) is 20.4. The van der Waals surface area contributed by atoms with Gasteiger partial charge >= 0.3 is 0 Å². The van der Waals surface area contributed by atoms with Crippen LogP contribution in [0.15, 0.2) is 24.3 Å². The van der Waals surface area contributed by atoms with Gasteiger partial charge < -0.3 is 10.5 Å². The zero-order valence-corrected chi connectivity index (χ0v) is 10.9. The van der Waals surface area contributed by atoms with Crippen LogP contribution in [0.25, 0.3) is 0 Å². The number of hydrogen-bond donors (Lipinski definition) is 1. The SMILES string of the molecule is COC1(C(N)Cc2cccc(C)c2)CCCC1. The van der Waals surface area contributed by atoms with Crippen molar-refractivity contribution in [1.29, 1.82) is 0 Å². The Balaban J connectivity index is 2.07. The molecule has 0 aliphatic heterocycles. The van der Waals surface area contributed by atoms with Crippen molar-refractivity contribution in [3.63, 3.8) is 0 Å². The van der Waals surface area contributed by atoms with Crippen molar-refractivity contribution < 1.29 is 4.74 Å². The first kappa shape index (κ1) is 12.6. The molecule has 17 heavy (non-hydrogen) atoms. The molecule has 94 valence electrons. The fourth-order valence-electron chi connectivity index (χ4n) is 2.98. The fourth-order valence-corrected chi connectivity index (χ4v) is 2.98. The molecule has 1 aromatic rings. The molecular weight excluding hydrogens is 210 g/mol. The molecule has 0 amide bonds. The summed E-state index contributed by atoms with van der Waals surface area (Å²) in [7, 11) is 1.81. The Kier molecular flexibility index (Phi) is 3.85. The predicted octanol–water partition coefficient (Wildman–Crippen LogP) is 2.82. The smallest absolute Gasteiger partial charge is 0.0832 e. The lowest BCUT2D eigenvalue weighted by atomic mass is 9.88. The quantitative estimate of drug-likeness (QED) is 0.868. The number of aryl methyl sites for hydroxylation is 1. The van der Waals surface area contributed by atoms with Crippen molar-refractivity contribution in [2.45, 2.75) is 50.7 Å². The summed E-state index contributed by atoms with van der Waals surface area (Å²) in [5.41, 5.74) is 8.92. The van der Waals surface area contributed by atoms with Crippen LogP contribution >= 0.6 is 0 Å². The average Bonchev–Trinajstić information content (AvgIpc) is 2.78. The molecule has 0 spiro atoms. The van der Waals surface area contributed by atoms with Crippen LogP contribution < -0.4 is 5.73 Å². The summed E-state index contributed by atoms with van der Waals surface area (Å²) in [6.07, 6.45) is 5.62. The highest BCUT2D eigenvalue weighted by molar-refractivity contribution is 5.23. The highest BCUT2D eigenvalue weighted by Gasteiger charge is 2.39. The summed E-state index contributed by atoms with van der Waals surface area (Å²) in [6.45, 7) is 2.12. The van der Waals surface area contributed by atoms with Gasteiger partial charge in [-0.2, -0.15) is 0 Å². The first-order valence-electron chi connectivity index (χ1n) is 6.52. The maximum atomic E-state index is 6.38. The Morgan fingerprint density at radius 2 is 2.06 bits per heavy atom. The minimum atomic E-state index is -0.0796. The van der Waals surface area contributed by atoms with Gasteiger partial charge in [-0.3, -0.25) is 0 Å². The van der Waals surface area contributed by atoms with Gasteiger partial charge in [-0.1, -0.05) is 42.7 Å². The largest absolute Gasteiger partial charge is 0.377 e. The van der Waals surface area contributed by atoms with Gasteiger partial charge in [-0.05, 0) is 31.7 Å². The summed E-state index contributed by atoms with van der Waals surface area (Å²) in [6, 6.07) is 8.71. The first-order chi connectivity index (χ1) is 8.16. The molecule has 1 atom stereocenters. The van der Waals surface area contributed by atoms with E-state index < -0.39 is 0 Å². The van der Waals surface area contributed by atoms with E-state index in [0.29, 0.717) is 0 Å². The van der Waals surface area contributed by atoms with Gasteiger partial charge in [0.25, 0.3) is 0 Å². The molecule has 0 bridgehead atoms. The Morgan fingerprint density at radius 3 is 2.65 bits per heavy atom. The number of nitrogens with two attached hydrogens (primary N) is 1. The van der Waals surface area contributed by atoms with E-state index in [1.165, 1.54) is 24.0 Å². The van der Waals surface area contributed by atoms with Gasteiger partial charge in [0.15, 0.2) is 0 Å². The van der Waals surface area contributed by atoms with Gasteiger partial charge in [-0.25, -0.2) is 0 Å². The summed E-state index contributed by atoms with van der Waals surface area (Å²) in [5.74, 6) is 0. The van der Waals surface area contributed by atoms with E-state index in [-0.39, 0.29) is 11.6 Å². The Hall–Kier alpha value is -0.860. The third-order valence-corrected chi connectivity index (χ3v) is 4.07. The number of rotatable bonds is 4. The van der Waals surface area contributed by atoms with Gasteiger partial charge in [0.1, 0.15) is 0 Å². The van der Waals surface area contributed by atoms with Gasteiger partial charge in [0, 0.05) is 13.2 Å². The van der Waals surface area contributed by atoms with E-state index in [0.717, 1.165) is 19.3 Å². The second-order valence-electron chi connectivity index (χ2n) is 5.28. The van der Waals surface area contributed by atoms with Crippen LogP contribution in [0.1, 0.15) is 36.8 Å². The number of methoxy groups -OCH3 is 1. The van der Waals surface area contributed by atoms with Crippen LogP contribution in [0.4, 0.5) is 0 Å². The van der Waals surface area contributed by atoms with Crippen molar-refractivity contribution in [3.05, 3.63) is 35.4 Å². The maximum Gasteiger partial charge on any atom is 0.0832 e. The molecule has 2 rings (SSSR count). The summed E-state index contributed by atoms with van der Waals surface area (Å²) >= 11 is 0. The summed E-state index contributed by atoms with van der Waals surface area (Å²) < 4.78 is 5.74. The maximum absolute atomic E-state index is 6.38. The zero-order chi connectivity index (χ0) is 12.3. The first-order valence-corrected chi connectivity index (χ1v) is 6.52. The molecule has 0 aromatic heterocycles. The van der Waals surface area contributed by atoms with Crippen molar-refractivity contribution in [3.8, 4) is 0 Å². The number of ether oxygens (including phenoxy) is 1. The van der Waals surface area contributed by atoms with E-state index in [2.05, 4.69) is 31.2 Å². The van der Waals surface area contributed by atoms with Gasteiger partial charge in [0.05, 0.1) is 5.60 Å². The molecular formula is C15H23NO. The molecule has 1 unspecified atom stereocenters. The van der Waals surface area contributed by atoms with E-state index in [1.807, 2.05) is 0 Å². The molecule has 2 heteroatoms. The van der Waals surface area contributed by atoms with Crippen molar-refractivity contribution >= 4 is 0 Å². The van der Waals surface area contributed by atoms with E-state index in [4.69, 9.17) is 10.5 Å². The van der Waals surface area contributed by atoms with Crippen LogP contribution in [0.2, 0.25) is 0 Å². The molecule has 1 fully saturated rings. The van der Waals surface area contributed by atoms with E-state index in [9.17, 15) is 0 Å². The van der Waals surface area contributed by atoms with Crippen molar-refractivity contribution in [2.75, 3.05) is 7.11 Å². The molecule has 1 saturated carbocycles. The Bertz CT molecular complexity index is 369. The summed E-state index contributed by atoms with van der Waals surface area (Å²) in [5, 5.41) is 0. The molecule has 0 radical (unpaired) electrons. The molecule has 1 aromatic carbocycles. The van der Waals surface area contributed by atoms with Gasteiger partial charge in [-0.15, -0.1) is 0 Å². The highest BCUT2D eigenvalue weighted by Crippen LogP contribution is 2.35. The predicted molar refractivity (Wildman–Crippen MR) is 71.1 cm³/mol. The molecule has 2 nitrogen and oxygen atoms in total. The average molecular weight is 233 g/mol. The second kappa shape index (κ2) is 5.19. The number of hydrogen-bond acceptors (Lipinski definition) is 2. The van der Waals surface area contributed by atoms with Gasteiger partial charge in [0.2, 0.25) is 0 Å². The minimum Gasteiger partial charge on any atom is -0.377 e. The van der Waals surface area contributed by atoms with Crippen LogP contribution in [0, 0.1) is 6.92 Å². The van der Waals surface area contributed by atoms with Crippen molar-refractivity contribution in [2.24, 2.45) is 5.73 Å². The molecule has 1 aliphatic carbocycles. The van der Waals surface area contributed by atoms with Crippen molar-refractivity contribution in [1.82, 2.24) is 0 Å². The van der Waals surface area contributed by atoms with Crippen LogP contribution in [0.5, 0.6) is 0 Å². The van der Waals surface area contributed by atoms with Crippen LogP contribution in [0.3, 0.4) is 0 Å². The molecule has 1 aliphatic rings. The topological polar surface area (TPSA) is 35.2 Å². The highest BCUT2D eigenvalue weighted by atomic mass is 16.5. The summed E-state index contributed by atoms with van der Waals surface area (Å²) in [4.78, 5) is 0. The fraction of sp³-hybridized carbons (Fsp3) is 0.600. The molecule has 0 heterocycles. The lowest BCUT2D eigenvalue weighted by Gasteiger charge is -2.34. The Labute approximate surface area is 104 Å². The van der Waals surface area contributed by atoms with E-state index in [1.54, 1.807) is 7.11 Å². The van der Waals surface area contributed by atoms with Crippen LogP contribution in [-0.2, 0) is 11.2 Å². The third-order valence-electron chi connectivity index (χ3n) is 4.07. The van der Waals surface area contributed by atoms with E-state index >= 15 is 0 Å².